The van der Waals surface area contributed by atoms with Gasteiger partial charge in [-0.2, -0.15) is 0 Å². The molecule has 0 amide bonds. The van der Waals surface area contributed by atoms with Crippen molar-refractivity contribution in [2.75, 3.05) is 0 Å². The third-order valence-electron chi connectivity index (χ3n) is 0. The van der Waals surface area contributed by atoms with Gasteiger partial charge in [-0.15, -0.1) is 0 Å². The van der Waals surface area contributed by atoms with Gasteiger partial charge in [-0.25, -0.2) is 0 Å². The second-order valence-corrected chi connectivity index (χ2v) is 1.80. The summed E-state index contributed by atoms with van der Waals surface area (Å²) in [6.45, 7) is 0. The van der Waals surface area contributed by atoms with Crippen molar-refractivity contribution in [2.24, 2.45) is 0 Å². The van der Waals surface area contributed by atoms with Crippen molar-refractivity contribution >= 4 is 9.05 Å². The molecule has 0 aliphatic rings. The van der Waals surface area contributed by atoms with Gasteiger partial charge >= 0.3 is 9.05 Å². The number of hydrogen-bond donors (Lipinski definition) is 5. The summed E-state index contributed by atoms with van der Waals surface area (Å²) >= 11 is 0. The summed E-state index contributed by atoms with van der Waals surface area (Å²) in [4.78, 5) is 29.3. The van der Waals surface area contributed by atoms with Crippen LogP contribution in [0.2, 0.25) is 0 Å². The van der Waals surface area contributed by atoms with E-state index in [2.05, 4.69) is 0 Å². The summed E-state index contributed by atoms with van der Waals surface area (Å²) in [5, 5.41) is 0. The third-order valence-corrected chi connectivity index (χ3v) is 0. The topological polar surface area (TPSA) is 116 Å². The van der Waals surface area contributed by atoms with Gasteiger partial charge in [0.05, 0.1) is 0 Å². The van der Waals surface area contributed by atoms with E-state index in [1.165, 1.54) is 0 Å². The molecule has 7 N–H and O–H groups in total. The molecule has 0 aromatic heterocycles. The van der Waals surface area contributed by atoms with E-state index >= 15 is 0 Å². The molecule has 0 saturated carbocycles. The molecule has 46 valence electrons. The van der Waals surface area contributed by atoms with Crippen molar-refractivity contribution in [3.05, 3.63) is 0 Å². The van der Waals surface area contributed by atoms with Gasteiger partial charge in [0.2, 0.25) is 0 Å². The van der Waals surface area contributed by atoms with E-state index in [1.807, 2.05) is 0 Å². The fourth-order valence-corrected chi connectivity index (χ4v) is 0. The molecule has 0 saturated heterocycles. The van der Waals surface area contributed by atoms with Gasteiger partial charge in [-0.1, -0.05) is 0 Å². The van der Waals surface area contributed by atoms with E-state index in [9.17, 15) is 0 Å². The standard InChI is InChI=1S/H3N.H4O4Si.W/c;1-5(2,3)4;/h1H3;1-4H;. The third kappa shape index (κ3) is 299. The molecule has 0 aromatic carbocycles. The van der Waals surface area contributed by atoms with E-state index < -0.39 is 9.05 Å². The van der Waals surface area contributed by atoms with Crippen LogP contribution < -0.4 is 6.15 Å². The van der Waals surface area contributed by atoms with Crippen LogP contribution in [0.15, 0.2) is 0 Å². The van der Waals surface area contributed by atoms with E-state index in [-0.39, 0.29) is 27.2 Å². The van der Waals surface area contributed by atoms with Crippen molar-refractivity contribution in [3.8, 4) is 0 Å². The van der Waals surface area contributed by atoms with Gasteiger partial charge < -0.3 is 25.3 Å². The average molecular weight is 297 g/mol. The fourth-order valence-electron chi connectivity index (χ4n) is 0. The van der Waals surface area contributed by atoms with Gasteiger partial charge in [-0.05, 0) is 0 Å². The SMILES string of the molecule is N.O[Si](O)(O)O.[W]. The van der Waals surface area contributed by atoms with E-state index in [4.69, 9.17) is 19.2 Å². The Balaban J connectivity index is -0.0000000800. The molecular weight excluding hydrogens is 290 g/mol. The first-order valence-corrected chi connectivity index (χ1v) is 2.68. The Morgan fingerprint density at radius 3 is 0.857 bits per heavy atom. The Morgan fingerprint density at radius 1 is 0.857 bits per heavy atom. The molecule has 0 aliphatic heterocycles. The molecule has 0 aliphatic carbocycles. The monoisotopic (exact) mass is 297 g/mol. The van der Waals surface area contributed by atoms with Crippen LogP contribution in [-0.2, 0) is 21.1 Å². The van der Waals surface area contributed by atoms with Crippen LogP contribution in [0, 0.1) is 0 Å². The Hall–Kier alpha value is 0.705. The zero-order valence-corrected chi connectivity index (χ0v) is 7.34. The van der Waals surface area contributed by atoms with Crippen molar-refractivity contribution in [3.63, 3.8) is 0 Å². The van der Waals surface area contributed by atoms with Crippen molar-refractivity contribution < 1.29 is 40.2 Å². The van der Waals surface area contributed by atoms with Crippen LogP contribution in [0.1, 0.15) is 0 Å². The van der Waals surface area contributed by atoms with Crippen LogP contribution >= 0.6 is 0 Å². The smallest absolute Gasteiger partial charge is 0.368 e. The van der Waals surface area contributed by atoms with E-state index in [0.29, 0.717) is 0 Å². The summed E-state index contributed by atoms with van der Waals surface area (Å²) in [5.41, 5.74) is 0. The normalized spacial score (nSPS) is 8.57. The largest absolute Gasteiger partial charge is 0.668 e. The first kappa shape index (κ1) is 15.6. The fraction of sp³-hybridized carbons (Fsp3) is 0. The van der Waals surface area contributed by atoms with Gasteiger partial charge in [0.1, 0.15) is 0 Å². The summed E-state index contributed by atoms with van der Waals surface area (Å²) in [6.07, 6.45) is 0. The zero-order chi connectivity index (χ0) is 4.50. The van der Waals surface area contributed by atoms with Crippen molar-refractivity contribution in [1.29, 1.82) is 0 Å². The predicted octanol–water partition coefficient (Wildman–Crippen LogP) is -2.45. The maximum atomic E-state index is 7.33. The van der Waals surface area contributed by atoms with Crippen molar-refractivity contribution in [2.45, 2.75) is 0 Å². The molecular formula is H7NO4SiW. The van der Waals surface area contributed by atoms with Gasteiger partial charge in [0.25, 0.3) is 0 Å². The quantitative estimate of drug-likeness (QED) is 0.318. The summed E-state index contributed by atoms with van der Waals surface area (Å²) < 4.78 is 0. The molecule has 7 heavy (non-hydrogen) atoms. The molecule has 0 atom stereocenters. The first-order valence-electron chi connectivity index (χ1n) is 0.894. The maximum absolute atomic E-state index is 7.33. The van der Waals surface area contributed by atoms with E-state index in [1.54, 1.807) is 0 Å². The van der Waals surface area contributed by atoms with Gasteiger partial charge in [0, 0.05) is 21.1 Å². The molecule has 0 radical (unpaired) electrons. The second kappa shape index (κ2) is 4.85. The van der Waals surface area contributed by atoms with Crippen LogP contribution in [0.25, 0.3) is 0 Å². The van der Waals surface area contributed by atoms with Gasteiger partial charge in [-0.3, -0.25) is 0 Å². The minimum absolute atomic E-state index is 0. The predicted molar refractivity (Wildman–Crippen MR) is 19.7 cm³/mol. The molecule has 0 heterocycles. The molecule has 7 heteroatoms. The molecule has 5 nitrogen and oxygen atoms in total. The molecule has 0 rings (SSSR count). The minimum atomic E-state index is -4.61. The van der Waals surface area contributed by atoms with Crippen LogP contribution in [0.5, 0.6) is 0 Å². The molecule has 0 spiro atoms. The molecule has 0 unspecified atom stereocenters. The summed E-state index contributed by atoms with van der Waals surface area (Å²) in [5.74, 6) is 0. The Kier molecular flexibility index (Phi) is 10.9. The van der Waals surface area contributed by atoms with Crippen LogP contribution in [-0.4, -0.2) is 28.2 Å². The molecule has 0 fully saturated rings. The second-order valence-electron chi connectivity index (χ2n) is 0.600. The van der Waals surface area contributed by atoms with Crippen LogP contribution in [0.4, 0.5) is 0 Å². The van der Waals surface area contributed by atoms with E-state index in [0.717, 1.165) is 0 Å². The van der Waals surface area contributed by atoms with Crippen LogP contribution in [0.3, 0.4) is 0 Å². The average Bonchev–Trinajstić information content (AvgIpc) is 0.722. The summed E-state index contributed by atoms with van der Waals surface area (Å²) in [6, 6.07) is 0. The minimum Gasteiger partial charge on any atom is -0.368 e. The van der Waals surface area contributed by atoms with Gasteiger partial charge in [0.15, 0.2) is 0 Å². The van der Waals surface area contributed by atoms with Crippen molar-refractivity contribution in [1.82, 2.24) is 6.15 Å². The Bertz CT molecular complexity index is 27.2. The summed E-state index contributed by atoms with van der Waals surface area (Å²) in [7, 11) is -4.61. The zero-order valence-electron chi connectivity index (χ0n) is 3.40. The number of hydrogen-bond acceptors (Lipinski definition) is 5. The Morgan fingerprint density at radius 2 is 0.857 bits per heavy atom. The first-order chi connectivity index (χ1) is 2.00. The molecule has 0 aromatic rings. The number of rotatable bonds is 0. The maximum Gasteiger partial charge on any atom is 0.668 e. The Labute approximate surface area is 55.9 Å². The molecule has 0 bridgehead atoms.